The van der Waals surface area contributed by atoms with Gasteiger partial charge in [-0.2, -0.15) is 0 Å². The first-order valence-electron chi connectivity index (χ1n) is 8.82. The van der Waals surface area contributed by atoms with E-state index in [2.05, 4.69) is 27.4 Å². The first-order valence-corrected chi connectivity index (χ1v) is 9.70. The first kappa shape index (κ1) is 16.5. The van der Waals surface area contributed by atoms with Crippen LogP contribution in [0.4, 0.5) is 0 Å². The molecular formula is C17H22N6OS. The van der Waals surface area contributed by atoms with Crippen LogP contribution in [0.25, 0.3) is 0 Å². The lowest BCUT2D eigenvalue weighted by Gasteiger charge is -2.31. The molecule has 0 radical (unpaired) electrons. The summed E-state index contributed by atoms with van der Waals surface area (Å²) in [4.78, 5) is 19.6. The minimum atomic E-state index is -0.227. The van der Waals surface area contributed by atoms with Crippen molar-refractivity contribution < 1.29 is 4.79 Å². The van der Waals surface area contributed by atoms with E-state index in [1.54, 1.807) is 6.20 Å². The molecule has 8 heteroatoms. The van der Waals surface area contributed by atoms with Gasteiger partial charge < -0.3 is 4.90 Å². The smallest absolute Gasteiger partial charge is 0.236 e. The van der Waals surface area contributed by atoms with Crippen molar-refractivity contribution in [2.75, 3.05) is 0 Å². The molecule has 2 aliphatic rings. The Hall–Kier alpha value is -1.96. The van der Waals surface area contributed by atoms with Crippen molar-refractivity contribution in [3.63, 3.8) is 0 Å². The van der Waals surface area contributed by atoms with Crippen LogP contribution in [-0.4, -0.2) is 47.3 Å². The molecule has 132 valence electrons. The van der Waals surface area contributed by atoms with Crippen molar-refractivity contribution >= 4 is 17.7 Å². The summed E-state index contributed by atoms with van der Waals surface area (Å²) >= 11 is 1.45. The van der Waals surface area contributed by atoms with Gasteiger partial charge in [0.1, 0.15) is 0 Å². The maximum absolute atomic E-state index is 13.2. The number of hydrogen-bond acceptors (Lipinski definition) is 6. The lowest BCUT2D eigenvalue weighted by molar-refractivity contribution is -0.133. The fourth-order valence-corrected chi connectivity index (χ4v) is 3.95. The van der Waals surface area contributed by atoms with Crippen molar-refractivity contribution in [1.29, 1.82) is 0 Å². The zero-order chi connectivity index (χ0) is 17.4. The summed E-state index contributed by atoms with van der Waals surface area (Å²) < 4.78 is 1.86. The van der Waals surface area contributed by atoms with Gasteiger partial charge in [-0.3, -0.25) is 9.78 Å². The van der Waals surface area contributed by atoms with Crippen LogP contribution < -0.4 is 0 Å². The summed E-state index contributed by atoms with van der Waals surface area (Å²) in [6.45, 7) is 4.00. The third-order valence-electron chi connectivity index (χ3n) is 4.71. The highest BCUT2D eigenvalue weighted by atomic mass is 32.2. The highest BCUT2D eigenvalue weighted by Gasteiger charge is 2.39. The highest BCUT2D eigenvalue weighted by molar-refractivity contribution is 8.00. The average Bonchev–Trinajstić information content (AvgIpc) is 3.56. The number of carbonyl (C=O) groups excluding carboxylic acids is 1. The van der Waals surface area contributed by atoms with Gasteiger partial charge in [-0.25, -0.2) is 4.68 Å². The van der Waals surface area contributed by atoms with E-state index in [1.807, 2.05) is 34.7 Å². The molecule has 0 bridgehead atoms. The van der Waals surface area contributed by atoms with Crippen molar-refractivity contribution in [2.45, 2.75) is 68.1 Å². The molecule has 2 aromatic heterocycles. The van der Waals surface area contributed by atoms with E-state index in [-0.39, 0.29) is 17.2 Å². The molecule has 7 nitrogen and oxygen atoms in total. The van der Waals surface area contributed by atoms with Crippen molar-refractivity contribution in [3.05, 3.63) is 30.1 Å². The van der Waals surface area contributed by atoms with Crippen molar-refractivity contribution in [3.8, 4) is 0 Å². The molecule has 4 rings (SSSR count). The third-order valence-corrected chi connectivity index (χ3v) is 5.75. The Balaban J connectivity index is 1.49. The van der Waals surface area contributed by atoms with E-state index in [0.29, 0.717) is 12.1 Å². The van der Waals surface area contributed by atoms with Gasteiger partial charge in [0.2, 0.25) is 11.1 Å². The van der Waals surface area contributed by atoms with E-state index in [1.165, 1.54) is 11.8 Å². The number of tetrazole rings is 1. The largest absolute Gasteiger partial charge is 0.330 e. The standard InChI is InChI=1S/C17H22N6OS/c1-11(15-5-3-4-10-18-15)22(13-6-7-13)16(24)12(2)25-17-19-20-21-23(17)14-8-9-14/h3-5,10-14H,6-9H2,1-2H3. The Kier molecular flexibility index (Phi) is 4.45. The van der Waals surface area contributed by atoms with Crippen LogP contribution in [0.3, 0.4) is 0 Å². The highest BCUT2D eigenvalue weighted by Crippen LogP contribution is 2.39. The summed E-state index contributed by atoms with van der Waals surface area (Å²) in [6, 6.07) is 6.56. The van der Waals surface area contributed by atoms with E-state index < -0.39 is 0 Å². The topological polar surface area (TPSA) is 76.8 Å². The lowest BCUT2D eigenvalue weighted by Crippen LogP contribution is -2.40. The molecule has 0 aromatic carbocycles. The van der Waals surface area contributed by atoms with Crippen LogP contribution in [0.1, 0.15) is 57.3 Å². The molecule has 25 heavy (non-hydrogen) atoms. The van der Waals surface area contributed by atoms with E-state index in [9.17, 15) is 4.79 Å². The summed E-state index contributed by atoms with van der Waals surface area (Å²) in [5.74, 6) is 0.135. The monoisotopic (exact) mass is 358 g/mol. The average molecular weight is 358 g/mol. The van der Waals surface area contributed by atoms with Gasteiger partial charge in [-0.1, -0.05) is 17.8 Å². The number of rotatable bonds is 7. The van der Waals surface area contributed by atoms with Gasteiger partial charge in [0.05, 0.1) is 23.0 Å². The number of thioether (sulfide) groups is 1. The van der Waals surface area contributed by atoms with Crippen LogP contribution in [0, 0.1) is 0 Å². The minimum Gasteiger partial charge on any atom is -0.330 e. The van der Waals surface area contributed by atoms with E-state index in [0.717, 1.165) is 36.5 Å². The number of carbonyl (C=O) groups is 1. The second kappa shape index (κ2) is 6.74. The number of nitrogens with zero attached hydrogens (tertiary/aromatic N) is 6. The summed E-state index contributed by atoms with van der Waals surface area (Å²) in [5.41, 5.74) is 0.933. The van der Waals surface area contributed by atoms with Crippen LogP contribution in [0.2, 0.25) is 0 Å². The number of amides is 1. The molecule has 2 heterocycles. The van der Waals surface area contributed by atoms with Crippen LogP contribution in [0.5, 0.6) is 0 Å². The van der Waals surface area contributed by atoms with Gasteiger partial charge in [-0.05, 0) is 62.1 Å². The second-order valence-corrected chi connectivity index (χ2v) is 8.11. The maximum Gasteiger partial charge on any atom is 0.236 e. The predicted octanol–water partition coefficient (Wildman–Crippen LogP) is 2.64. The summed E-state index contributed by atoms with van der Waals surface area (Å²) in [5, 5.41) is 12.5. The van der Waals surface area contributed by atoms with Gasteiger partial charge in [-0.15, -0.1) is 5.10 Å². The normalized spacial score (nSPS) is 19.4. The van der Waals surface area contributed by atoms with Gasteiger partial charge in [0.15, 0.2) is 0 Å². The van der Waals surface area contributed by atoms with Crippen molar-refractivity contribution in [1.82, 2.24) is 30.1 Å². The van der Waals surface area contributed by atoms with Crippen molar-refractivity contribution in [2.24, 2.45) is 0 Å². The zero-order valence-electron chi connectivity index (χ0n) is 14.4. The summed E-state index contributed by atoms with van der Waals surface area (Å²) in [6.07, 6.45) is 6.15. The fraction of sp³-hybridized carbons (Fsp3) is 0.588. The molecule has 2 unspecified atom stereocenters. The molecular weight excluding hydrogens is 336 g/mol. The maximum atomic E-state index is 13.2. The molecule has 2 atom stereocenters. The Morgan fingerprint density at radius 2 is 2.08 bits per heavy atom. The SMILES string of the molecule is CC(Sc1nnnn1C1CC1)C(=O)N(C1CC1)C(C)c1ccccn1. The molecule has 0 N–H and O–H groups in total. The summed E-state index contributed by atoms with van der Waals surface area (Å²) in [7, 11) is 0. The Morgan fingerprint density at radius 3 is 2.72 bits per heavy atom. The zero-order valence-corrected chi connectivity index (χ0v) is 15.3. The van der Waals surface area contributed by atoms with Crippen LogP contribution in [-0.2, 0) is 4.79 Å². The van der Waals surface area contributed by atoms with Gasteiger partial charge >= 0.3 is 0 Å². The lowest BCUT2D eigenvalue weighted by atomic mass is 10.1. The Labute approximate surface area is 151 Å². The quantitative estimate of drug-likeness (QED) is 0.708. The van der Waals surface area contributed by atoms with Gasteiger partial charge in [0.25, 0.3) is 0 Å². The van der Waals surface area contributed by atoms with Crippen LogP contribution in [0.15, 0.2) is 29.6 Å². The molecule has 1 amide bonds. The number of aromatic nitrogens is 5. The van der Waals surface area contributed by atoms with E-state index in [4.69, 9.17) is 0 Å². The molecule has 0 saturated heterocycles. The predicted molar refractivity (Wildman–Crippen MR) is 93.9 cm³/mol. The van der Waals surface area contributed by atoms with Gasteiger partial charge in [0, 0.05) is 12.2 Å². The number of pyridine rings is 1. The fourth-order valence-electron chi connectivity index (χ4n) is 3.04. The Morgan fingerprint density at radius 1 is 1.28 bits per heavy atom. The second-order valence-electron chi connectivity index (χ2n) is 6.80. The Bertz CT molecular complexity index is 743. The molecule has 2 aliphatic carbocycles. The molecule has 2 aromatic rings. The number of hydrogen-bond donors (Lipinski definition) is 0. The minimum absolute atomic E-state index is 0.0244. The molecule has 0 spiro atoms. The third kappa shape index (κ3) is 3.53. The molecule has 0 aliphatic heterocycles. The molecule has 2 fully saturated rings. The van der Waals surface area contributed by atoms with E-state index >= 15 is 0 Å². The first-order chi connectivity index (χ1) is 12.1. The van der Waals surface area contributed by atoms with Crippen LogP contribution >= 0.6 is 11.8 Å². The molecule has 2 saturated carbocycles.